The lowest BCUT2D eigenvalue weighted by Crippen LogP contribution is -2.37. The molecular formula is C19H19N5O5S. The van der Waals surface area contributed by atoms with Crippen molar-refractivity contribution in [3.8, 4) is 5.75 Å². The third-order valence-electron chi connectivity index (χ3n) is 4.09. The van der Waals surface area contributed by atoms with E-state index in [1.807, 2.05) is 0 Å². The van der Waals surface area contributed by atoms with Gasteiger partial charge in [0.15, 0.2) is 0 Å². The first-order valence-electron chi connectivity index (χ1n) is 8.85. The van der Waals surface area contributed by atoms with Crippen molar-refractivity contribution < 1.29 is 14.3 Å². The van der Waals surface area contributed by atoms with E-state index in [2.05, 4.69) is 27.1 Å². The van der Waals surface area contributed by atoms with E-state index >= 15 is 0 Å². The second kappa shape index (κ2) is 9.27. The van der Waals surface area contributed by atoms with Crippen molar-refractivity contribution in [1.29, 1.82) is 0 Å². The molecule has 10 nitrogen and oxygen atoms in total. The first-order chi connectivity index (χ1) is 14.4. The number of thioether (sulfide) groups is 1. The highest BCUT2D eigenvalue weighted by Crippen LogP contribution is 2.23. The van der Waals surface area contributed by atoms with Crippen LogP contribution in [0.1, 0.15) is 17.1 Å². The minimum atomic E-state index is -0.515. The van der Waals surface area contributed by atoms with Gasteiger partial charge in [-0.05, 0) is 19.1 Å². The number of carbonyl (C=O) groups excluding carboxylic acids is 1. The maximum atomic E-state index is 12.6. The molecule has 0 saturated heterocycles. The van der Waals surface area contributed by atoms with Crippen LogP contribution < -0.4 is 16.6 Å². The topological polar surface area (TPSA) is 143 Å². The SMILES string of the molecule is C=CCn1c(=O)[nH]c(C)c(Cc2nnc(SCC(=O)Nc3ccccc3O)o2)c1=O. The summed E-state index contributed by atoms with van der Waals surface area (Å²) < 4.78 is 6.54. The normalized spacial score (nSPS) is 10.7. The van der Waals surface area contributed by atoms with Gasteiger partial charge in [0.25, 0.3) is 10.8 Å². The lowest BCUT2D eigenvalue weighted by molar-refractivity contribution is -0.113. The van der Waals surface area contributed by atoms with Gasteiger partial charge in [-0.1, -0.05) is 30.0 Å². The Labute approximate surface area is 174 Å². The molecule has 2 aromatic heterocycles. The molecule has 3 rings (SSSR count). The minimum Gasteiger partial charge on any atom is -0.506 e. The number of phenols is 1. The molecule has 3 N–H and O–H groups in total. The number of allylic oxidation sites excluding steroid dienone is 1. The number of aromatic nitrogens is 4. The number of phenolic OH excluding ortho intramolecular Hbond substituents is 1. The predicted octanol–water partition coefficient (Wildman–Crippen LogP) is 1.44. The average molecular weight is 429 g/mol. The molecule has 0 aliphatic heterocycles. The molecule has 0 atom stereocenters. The Balaban J connectivity index is 1.66. The van der Waals surface area contributed by atoms with Crippen molar-refractivity contribution in [2.24, 2.45) is 0 Å². The standard InChI is InChI=1S/C19H19N5O5S/c1-3-8-24-17(27)12(11(2)20-18(24)28)9-16-22-23-19(29-16)30-10-15(26)21-13-6-4-5-7-14(13)25/h3-7,25H,1,8-10H2,2H3,(H,20,28)(H,21,26). The number of anilines is 1. The minimum absolute atomic E-state index is 0.0141. The summed E-state index contributed by atoms with van der Waals surface area (Å²) in [6.07, 6.45) is 1.49. The van der Waals surface area contributed by atoms with Gasteiger partial charge in [-0.3, -0.25) is 14.2 Å². The lowest BCUT2D eigenvalue weighted by Gasteiger charge is -2.07. The molecule has 1 amide bonds. The number of carbonyl (C=O) groups is 1. The highest BCUT2D eigenvalue weighted by atomic mass is 32.2. The molecule has 156 valence electrons. The van der Waals surface area contributed by atoms with Crippen LogP contribution in [0.25, 0.3) is 0 Å². The number of amides is 1. The maximum absolute atomic E-state index is 12.6. The van der Waals surface area contributed by atoms with Gasteiger partial charge < -0.3 is 19.8 Å². The summed E-state index contributed by atoms with van der Waals surface area (Å²) in [6.45, 7) is 5.24. The van der Waals surface area contributed by atoms with Gasteiger partial charge in [0, 0.05) is 17.8 Å². The zero-order valence-corrected chi connectivity index (χ0v) is 16.9. The van der Waals surface area contributed by atoms with Gasteiger partial charge >= 0.3 is 5.69 Å². The van der Waals surface area contributed by atoms with Crippen molar-refractivity contribution in [3.63, 3.8) is 0 Å². The number of aryl methyl sites for hydroxylation is 1. The summed E-state index contributed by atoms with van der Waals surface area (Å²) in [6, 6.07) is 6.38. The number of nitrogens with zero attached hydrogens (tertiary/aromatic N) is 3. The van der Waals surface area contributed by atoms with Crippen molar-refractivity contribution >= 4 is 23.4 Å². The molecule has 0 aliphatic rings. The summed E-state index contributed by atoms with van der Waals surface area (Å²) in [5.74, 6) is -0.227. The number of nitrogens with one attached hydrogen (secondary N) is 2. The number of hydrogen-bond donors (Lipinski definition) is 3. The Morgan fingerprint density at radius 3 is 2.87 bits per heavy atom. The van der Waals surface area contributed by atoms with Crippen LogP contribution in [0.2, 0.25) is 0 Å². The molecule has 0 aliphatic carbocycles. The lowest BCUT2D eigenvalue weighted by atomic mass is 10.1. The van der Waals surface area contributed by atoms with Crippen LogP contribution in [0.3, 0.4) is 0 Å². The predicted molar refractivity (Wildman–Crippen MR) is 111 cm³/mol. The number of aromatic amines is 1. The zero-order valence-electron chi connectivity index (χ0n) is 16.0. The molecule has 11 heteroatoms. The molecule has 2 heterocycles. The number of benzene rings is 1. The summed E-state index contributed by atoms with van der Waals surface area (Å²) in [7, 11) is 0. The number of aromatic hydroxyl groups is 1. The molecule has 0 radical (unpaired) electrons. The van der Waals surface area contributed by atoms with Crippen LogP contribution in [0.5, 0.6) is 5.75 Å². The first-order valence-corrected chi connectivity index (χ1v) is 9.84. The molecule has 0 saturated carbocycles. The Morgan fingerprint density at radius 2 is 2.13 bits per heavy atom. The maximum Gasteiger partial charge on any atom is 0.328 e. The van der Waals surface area contributed by atoms with Crippen molar-refractivity contribution in [2.45, 2.75) is 25.1 Å². The van der Waals surface area contributed by atoms with Gasteiger partial charge in [0.1, 0.15) is 5.75 Å². The van der Waals surface area contributed by atoms with Crippen LogP contribution in [0, 0.1) is 6.92 Å². The molecule has 0 unspecified atom stereocenters. The van der Waals surface area contributed by atoms with Crippen LogP contribution in [0.4, 0.5) is 5.69 Å². The average Bonchev–Trinajstić information content (AvgIpc) is 3.16. The van der Waals surface area contributed by atoms with E-state index in [-0.39, 0.29) is 41.5 Å². The third-order valence-corrected chi connectivity index (χ3v) is 4.91. The van der Waals surface area contributed by atoms with Crippen LogP contribution in [-0.4, -0.2) is 36.5 Å². The second-order valence-corrected chi connectivity index (χ2v) is 7.16. The molecule has 30 heavy (non-hydrogen) atoms. The second-order valence-electron chi connectivity index (χ2n) is 6.23. The fourth-order valence-corrected chi connectivity index (χ4v) is 3.21. The Kier molecular flexibility index (Phi) is 6.52. The van der Waals surface area contributed by atoms with E-state index in [1.54, 1.807) is 25.1 Å². The van der Waals surface area contributed by atoms with E-state index in [1.165, 1.54) is 12.1 Å². The van der Waals surface area contributed by atoms with Gasteiger partial charge in [0.2, 0.25) is 11.8 Å². The van der Waals surface area contributed by atoms with Gasteiger partial charge in [-0.25, -0.2) is 4.79 Å². The van der Waals surface area contributed by atoms with Gasteiger partial charge in [-0.2, -0.15) is 0 Å². The smallest absolute Gasteiger partial charge is 0.328 e. The summed E-state index contributed by atoms with van der Waals surface area (Å²) in [5.41, 5.74) is 0.0800. The molecule has 0 bridgehead atoms. The molecule has 1 aromatic carbocycles. The van der Waals surface area contributed by atoms with E-state index in [4.69, 9.17) is 4.42 Å². The Bertz CT molecular complexity index is 1200. The Hall–Kier alpha value is -3.60. The zero-order chi connectivity index (χ0) is 21.7. The van der Waals surface area contributed by atoms with E-state index in [9.17, 15) is 19.5 Å². The quantitative estimate of drug-likeness (QED) is 0.277. The van der Waals surface area contributed by atoms with Crippen molar-refractivity contribution in [1.82, 2.24) is 19.7 Å². The van der Waals surface area contributed by atoms with Crippen molar-refractivity contribution in [3.05, 3.63) is 74.9 Å². The monoisotopic (exact) mass is 429 g/mol. The molecule has 3 aromatic rings. The van der Waals surface area contributed by atoms with E-state index in [0.717, 1.165) is 16.3 Å². The third kappa shape index (κ3) is 4.87. The highest BCUT2D eigenvalue weighted by Gasteiger charge is 2.16. The first kappa shape index (κ1) is 21.1. The van der Waals surface area contributed by atoms with Gasteiger partial charge in [-0.15, -0.1) is 16.8 Å². The summed E-state index contributed by atoms with van der Waals surface area (Å²) in [5, 5.41) is 20.2. The highest BCUT2D eigenvalue weighted by molar-refractivity contribution is 7.99. The van der Waals surface area contributed by atoms with Gasteiger partial charge in [0.05, 0.1) is 17.9 Å². The summed E-state index contributed by atoms with van der Waals surface area (Å²) >= 11 is 1.02. The molecule has 0 spiro atoms. The van der Waals surface area contributed by atoms with Crippen molar-refractivity contribution in [2.75, 3.05) is 11.1 Å². The number of H-pyrrole nitrogens is 1. The number of rotatable bonds is 8. The molecule has 0 fully saturated rings. The summed E-state index contributed by atoms with van der Waals surface area (Å²) in [4.78, 5) is 39.1. The Morgan fingerprint density at radius 1 is 1.37 bits per heavy atom. The largest absolute Gasteiger partial charge is 0.506 e. The number of para-hydroxylation sites is 2. The van der Waals surface area contributed by atoms with Crippen LogP contribution in [-0.2, 0) is 17.8 Å². The van der Waals surface area contributed by atoms with Crippen LogP contribution >= 0.6 is 11.8 Å². The fourth-order valence-electron chi connectivity index (χ4n) is 2.63. The van der Waals surface area contributed by atoms with Crippen LogP contribution in [0.15, 0.2) is 56.1 Å². The van der Waals surface area contributed by atoms with E-state index < -0.39 is 11.2 Å². The fraction of sp³-hybridized carbons (Fsp3) is 0.211. The van der Waals surface area contributed by atoms with E-state index in [0.29, 0.717) is 16.9 Å². The number of hydrogen-bond acceptors (Lipinski definition) is 8. The molecular weight excluding hydrogens is 410 g/mol.